The Kier molecular flexibility index (Phi) is 3.80. The molecule has 7 heteroatoms. The number of aromatic nitrogens is 2. The zero-order valence-corrected chi connectivity index (χ0v) is 12.3. The molecule has 20 heavy (non-hydrogen) atoms. The summed E-state index contributed by atoms with van der Waals surface area (Å²) < 4.78 is 1.07. The Hall–Kier alpha value is -2.28. The third-order valence-electron chi connectivity index (χ3n) is 2.88. The first kappa shape index (κ1) is 14.1. The highest BCUT2D eigenvalue weighted by Gasteiger charge is 2.12. The van der Waals surface area contributed by atoms with Crippen LogP contribution in [0.2, 0.25) is 0 Å². The van der Waals surface area contributed by atoms with Gasteiger partial charge in [-0.1, -0.05) is 12.1 Å². The zero-order chi connectivity index (χ0) is 14.9. The number of nitrogens with zero attached hydrogens (tertiary/aromatic N) is 3. The lowest BCUT2D eigenvalue weighted by atomic mass is 10.1. The van der Waals surface area contributed by atoms with Crippen LogP contribution in [0.3, 0.4) is 0 Å². The molecule has 2 rings (SSSR count). The van der Waals surface area contributed by atoms with Crippen molar-refractivity contribution in [1.29, 1.82) is 0 Å². The highest BCUT2D eigenvalue weighted by atomic mass is 32.1. The summed E-state index contributed by atoms with van der Waals surface area (Å²) in [5, 5.41) is 10.9. The van der Waals surface area contributed by atoms with Gasteiger partial charge < -0.3 is 5.73 Å². The molecule has 0 unspecified atom stereocenters. The minimum absolute atomic E-state index is 0.0497. The molecule has 0 aliphatic rings. The summed E-state index contributed by atoms with van der Waals surface area (Å²) in [7, 11) is 0. The second kappa shape index (κ2) is 5.38. The van der Waals surface area contributed by atoms with Gasteiger partial charge in [0.25, 0.3) is 0 Å². The molecular formula is C13H15N5OS. The molecule has 0 aliphatic carbocycles. The number of thiocarbonyl (C=S) groups is 1. The van der Waals surface area contributed by atoms with Gasteiger partial charge in [0.15, 0.2) is 10.8 Å². The minimum atomic E-state index is -0.399. The summed E-state index contributed by atoms with van der Waals surface area (Å²) in [6.45, 7) is 5.62. The Bertz CT molecular complexity index is 757. The first-order valence-electron chi connectivity index (χ1n) is 6.00. The van der Waals surface area contributed by atoms with Crippen LogP contribution in [0.4, 0.5) is 11.4 Å². The third kappa shape index (κ3) is 2.67. The van der Waals surface area contributed by atoms with E-state index in [0.717, 1.165) is 21.5 Å². The van der Waals surface area contributed by atoms with Gasteiger partial charge in [-0.25, -0.2) is 0 Å². The normalized spacial score (nSPS) is 11.2. The van der Waals surface area contributed by atoms with Gasteiger partial charge in [0, 0.05) is 0 Å². The van der Waals surface area contributed by atoms with Crippen molar-refractivity contribution in [1.82, 2.24) is 9.78 Å². The Morgan fingerprint density at radius 1 is 1.30 bits per heavy atom. The number of H-pyrrole nitrogens is 1. The van der Waals surface area contributed by atoms with Crippen molar-refractivity contribution in [3.05, 3.63) is 45.4 Å². The van der Waals surface area contributed by atoms with Crippen LogP contribution in [-0.2, 0) is 0 Å². The first-order chi connectivity index (χ1) is 9.40. The zero-order valence-electron chi connectivity index (χ0n) is 11.5. The average molecular weight is 289 g/mol. The van der Waals surface area contributed by atoms with E-state index in [9.17, 15) is 4.79 Å². The topological polar surface area (TPSA) is 88.5 Å². The molecule has 1 aromatic carbocycles. The monoisotopic (exact) mass is 289 g/mol. The predicted molar refractivity (Wildman–Crippen MR) is 82.1 cm³/mol. The summed E-state index contributed by atoms with van der Waals surface area (Å²) in [4.78, 5) is 12.0. The van der Waals surface area contributed by atoms with E-state index in [1.165, 1.54) is 0 Å². The molecule has 0 amide bonds. The SMILES string of the molecule is Cc1ccc(C)c(N=Nc2c(C)[nH]n(C(N)=S)c2=O)c1. The number of hydrogen-bond donors (Lipinski definition) is 2. The van der Waals surface area contributed by atoms with E-state index in [1.807, 2.05) is 32.0 Å². The van der Waals surface area contributed by atoms with Crippen LogP contribution >= 0.6 is 12.2 Å². The minimum Gasteiger partial charge on any atom is -0.374 e. The van der Waals surface area contributed by atoms with Crippen molar-refractivity contribution in [2.75, 3.05) is 0 Å². The van der Waals surface area contributed by atoms with Crippen molar-refractivity contribution in [3.8, 4) is 0 Å². The highest BCUT2D eigenvalue weighted by Crippen LogP contribution is 2.22. The fraction of sp³-hybridized carbons (Fsp3) is 0.231. The predicted octanol–water partition coefficient (Wildman–Crippen LogP) is 2.61. The van der Waals surface area contributed by atoms with Crippen molar-refractivity contribution in [2.45, 2.75) is 20.8 Å². The largest absolute Gasteiger partial charge is 0.374 e. The van der Waals surface area contributed by atoms with E-state index in [4.69, 9.17) is 18.0 Å². The van der Waals surface area contributed by atoms with E-state index in [1.54, 1.807) is 6.92 Å². The van der Waals surface area contributed by atoms with Gasteiger partial charge in [-0.3, -0.25) is 9.89 Å². The summed E-state index contributed by atoms with van der Waals surface area (Å²) in [5.41, 5.74) is 8.61. The molecule has 3 N–H and O–H groups in total. The number of rotatable bonds is 2. The average Bonchev–Trinajstić information content (AvgIpc) is 2.67. The smallest absolute Gasteiger partial charge is 0.301 e. The molecule has 0 spiro atoms. The number of azo groups is 1. The number of nitrogens with two attached hydrogens (primary N) is 1. The lowest BCUT2D eigenvalue weighted by Crippen LogP contribution is -2.29. The van der Waals surface area contributed by atoms with Crippen LogP contribution in [0.1, 0.15) is 16.8 Å². The summed E-state index contributed by atoms with van der Waals surface area (Å²) in [6, 6.07) is 5.86. The van der Waals surface area contributed by atoms with Crippen molar-refractivity contribution < 1.29 is 0 Å². The number of nitrogens with one attached hydrogen (secondary N) is 1. The Morgan fingerprint density at radius 3 is 2.60 bits per heavy atom. The highest BCUT2D eigenvalue weighted by molar-refractivity contribution is 7.80. The molecule has 6 nitrogen and oxygen atoms in total. The first-order valence-corrected chi connectivity index (χ1v) is 6.41. The van der Waals surface area contributed by atoms with Gasteiger partial charge in [0.1, 0.15) is 0 Å². The second-order valence-electron chi connectivity index (χ2n) is 4.55. The van der Waals surface area contributed by atoms with Gasteiger partial charge in [-0.15, -0.1) is 5.11 Å². The molecule has 0 fully saturated rings. The van der Waals surface area contributed by atoms with Gasteiger partial charge in [0.05, 0.1) is 11.4 Å². The Labute approximate surface area is 121 Å². The van der Waals surface area contributed by atoms with Gasteiger partial charge in [-0.2, -0.15) is 9.80 Å². The third-order valence-corrected chi connectivity index (χ3v) is 3.07. The molecule has 0 atom stereocenters. The molecule has 0 bridgehead atoms. The molecule has 0 aliphatic heterocycles. The summed E-state index contributed by atoms with van der Waals surface area (Å²) in [5.74, 6) is 0. The maximum Gasteiger partial charge on any atom is 0.301 e. The van der Waals surface area contributed by atoms with E-state index in [2.05, 4.69) is 15.3 Å². The molecule has 0 radical (unpaired) electrons. The number of benzene rings is 1. The number of hydrogen-bond acceptors (Lipinski definition) is 4. The lowest BCUT2D eigenvalue weighted by Gasteiger charge is -1.99. The molecule has 0 saturated heterocycles. The van der Waals surface area contributed by atoms with E-state index in [0.29, 0.717) is 5.69 Å². The van der Waals surface area contributed by atoms with Crippen LogP contribution in [0.5, 0.6) is 0 Å². The molecule has 104 valence electrons. The van der Waals surface area contributed by atoms with E-state index < -0.39 is 5.56 Å². The number of aryl methyl sites for hydroxylation is 3. The summed E-state index contributed by atoms with van der Waals surface area (Å²) >= 11 is 4.78. The van der Waals surface area contributed by atoms with Crippen molar-refractivity contribution in [2.24, 2.45) is 16.0 Å². The molecule has 2 aromatic rings. The molecule has 0 saturated carbocycles. The van der Waals surface area contributed by atoms with Crippen LogP contribution in [-0.4, -0.2) is 14.9 Å². The van der Waals surface area contributed by atoms with E-state index in [-0.39, 0.29) is 10.8 Å². The van der Waals surface area contributed by atoms with Gasteiger partial charge in [-0.05, 0) is 50.2 Å². The fourth-order valence-electron chi connectivity index (χ4n) is 1.74. The Balaban J connectivity index is 2.44. The molecule has 1 aromatic heterocycles. The molecule has 1 heterocycles. The van der Waals surface area contributed by atoms with E-state index >= 15 is 0 Å². The second-order valence-corrected chi connectivity index (χ2v) is 4.97. The van der Waals surface area contributed by atoms with Gasteiger partial charge >= 0.3 is 5.56 Å². The summed E-state index contributed by atoms with van der Waals surface area (Å²) in [6.07, 6.45) is 0. The number of aromatic amines is 1. The lowest BCUT2D eigenvalue weighted by molar-refractivity contribution is 0.889. The van der Waals surface area contributed by atoms with Crippen molar-refractivity contribution >= 4 is 28.7 Å². The van der Waals surface area contributed by atoms with Gasteiger partial charge in [0.2, 0.25) is 0 Å². The van der Waals surface area contributed by atoms with Crippen LogP contribution in [0, 0.1) is 20.8 Å². The quantitative estimate of drug-likeness (QED) is 0.658. The van der Waals surface area contributed by atoms with Crippen LogP contribution in [0.25, 0.3) is 0 Å². The van der Waals surface area contributed by atoms with Crippen LogP contribution < -0.4 is 11.3 Å². The van der Waals surface area contributed by atoms with Crippen LogP contribution in [0.15, 0.2) is 33.2 Å². The standard InChI is InChI=1S/C13H15N5OS/c1-7-4-5-8(2)10(6-7)15-16-11-9(3)17-18(12(11)19)13(14)20/h4-6,17H,1-3H3,(H2,14,20). The fourth-order valence-corrected chi connectivity index (χ4v) is 1.87. The van der Waals surface area contributed by atoms with Crippen molar-refractivity contribution in [3.63, 3.8) is 0 Å². The maximum atomic E-state index is 12.0. The maximum absolute atomic E-state index is 12.0. The Morgan fingerprint density at radius 2 is 2.00 bits per heavy atom. The molecular weight excluding hydrogens is 274 g/mol.